The Kier molecular flexibility index (Phi) is 5.58. The molecule has 1 aliphatic carbocycles. The average molecular weight is 389 g/mol. The zero-order chi connectivity index (χ0) is 19.7. The third kappa shape index (κ3) is 3.62. The van der Waals surface area contributed by atoms with Crippen molar-refractivity contribution < 1.29 is 18.8 Å². The monoisotopic (exact) mass is 389 g/mol. The number of aldehydes is 2. The molecule has 3 aliphatic rings. The van der Waals surface area contributed by atoms with Gasteiger partial charge in [0.1, 0.15) is 18.9 Å². The van der Waals surface area contributed by atoms with E-state index in [1.165, 1.54) is 6.26 Å². The maximum atomic E-state index is 12.4. The van der Waals surface area contributed by atoms with E-state index in [2.05, 4.69) is 15.5 Å². The lowest BCUT2D eigenvalue weighted by atomic mass is 9.70. The van der Waals surface area contributed by atoms with Gasteiger partial charge in [0.05, 0.1) is 12.4 Å². The van der Waals surface area contributed by atoms with Gasteiger partial charge in [-0.25, -0.2) is 0 Å². The highest BCUT2D eigenvalue weighted by atomic mass is 16.3. The molecule has 9 heteroatoms. The second-order valence-electron chi connectivity index (χ2n) is 7.91. The highest BCUT2D eigenvalue weighted by Crippen LogP contribution is 2.35. The second kappa shape index (κ2) is 8.12. The smallest absolute Gasteiger partial charge is 0.289 e. The van der Waals surface area contributed by atoms with Crippen molar-refractivity contribution >= 4 is 18.5 Å². The molecule has 2 aliphatic heterocycles. The average Bonchev–Trinajstić information content (AvgIpc) is 3.27. The lowest BCUT2D eigenvalue weighted by Crippen LogP contribution is -2.73. The molecule has 1 amide bonds. The van der Waals surface area contributed by atoms with E-state index in [1.54, 1.807) is 17.0 Å². The van der Waals surface area contributed by atoms with Gasteiger partial charge in [-0.05, 0) is 25.0 Å². The standard InChI is InChI=1S/C19H27N5O4/c20-17-14-8-12(10-25)13(11-26)9-15(14)21-19(22-17)24-5-3-23(4-6-24)18(27)16-2-1-7-28-16/h1-2,7,10-15,17,19,21-22H,3-6,8-9,20H2. The predicted octanol–water partition coefficient (Wildman–Crippen LogP) is -0.793. The number of hydrogen-bond acceptors (Lipinski definition) is 8. The van der Waals surface area contributed by atoms with Gasteiger partial charge in [0.25, 0.3) is 5.91 Å². The van der Waals surface area contributed by atoms with Crippen LogP contribution in [0.2, 0.25) is 0 Å². The number of piperazine rings is 1. The third-order valence-electron chi connectivity index (χ3n) is 6.37. The number of carbonyl (C=O) groups is 3. The summed E-state index contributed by atoms with van der Waals surface area (Å²) in [7, 11) is 0. The summed E-state index contributed by atoms with van der Waals surface area (Å²) in [6.07, 6.45) is 4.19. The molecule has 28 heavy (non-hydrogen) atoms. The van der Waals surface area contributed by atoms with Crippen molar-refractivity contribution in [1.82, 2.24) is 20.4 Å². The quantitative estimate of drug-likeness (QED) is 0.573. The molecule has 4 N–H and O–H groups in total. The Morgan fingerprint density at radius 1 is 1.11 bits per heavy atom. The number of fused-ring (bicyclic) bond motifs is 1. The molecule has 3 fully saturated rings. The number of rotatable bonds is 4. The summed E-state index contributed by atoms with van der Waals surface area (Å²) in [6, 6.07) is 3.48. The van der Waals surface area contributed by atoms with Crippen LogP contribution in [0.3, 0.4) is 0 Å². The number of hydrogen-bond donors (Lipinski definition) is 3. The summed E-state index contributed by atoms with van der Waals surface area (Å²) in [6.45, 7) is 2.62. The highest BCUT2D eigenvalue weighted by Gasteiger charge is 2.44. The minimum absolute atomic E-state index is 0.0908. The zero-order valence-electron chi connectivity index (χ0n) is 15.7. The largest absolute Gasteiger partial charge is 0.459 e. The molecule has 0 aromatic carbocycles. The molecule has 6 unspecified atom stereocenters. The van der Waals surface area contributed by atoms with E-state index in [0.29, 0.717) is 44.8 Å². The van der Waals surface area contributed by atoms with E-state index < -0.39 is 0 Å². The van der Waals surface area contributed by atoms with Gasteiger partial charge in [-0.3, -0.25) is 20.3 Å². The fourth-order valence-electron chi connectivity index (χ4n) is 4.70. The second-order valence-corrected chi connectivity index (χ2v) is 7.91. The van der Waals surface area contributed by atoms with E-state index in [1.807, 2.05) is 0 Å². The van der Waals surface area contributed by atoms with E-state index in [0.717, 1.165) is 12.6 Å². The molecule has 3 heterocycles. The van der Waals surface area contributed by atoms with Crippen LogP contribution in [-0.2, 0) is 9.59 Å². The van der Waals surface area contributed by atoms with Crippen LogP contribution in [0.1, 0.15) is 23.4 Å². The number of nitrogens with one attached hydrogen (secondary N) is 2. The summed E-state index contributed by atoms with van der Waals surface area (Å²) in [5, 5.41) is 6.97. The Bertz CT molecular complexity index is 703. The van der Waals surface area contributed by atoms with Gasteiger partial charge in [-0.2, -0.15) is 0 Å². The summed E-state index contributed by atoms with van der Waals surface area (Å²) in [4.78, 5) is 39.1. The molecule has 9 nitrogen and oxygen atoms in total. The van der Waals surface area contributed by atoms with Crippen molar-refractivity contribution in [2.45, 2.75) is 31.3 Å². The van der Waals surface area contributed by atoms with Crippen molar-refractivity contribution in [2.24, 2.45) is 23.5 Å². The molecule has 0 spiro atoms. The number of amides is 1. The van der Waals surface area contributed by atoms with Gasteiger partial charge in [0.15, 0.2) is 5.76 Å². The normalized spacial score (nSPS) is 36.5. The number of nitrogens with zero attached hydrogens (tertiary/aromatic N) is 2. The number of carbonyl (C=O) groups excluding carboxylic acids is 3. The molecular weight excluding hydrogens is 362 g/mol. The minimum Gasteiger partial charge on any atom is -0.459 e. The first-order valence-electron chi connectivity index (χ1n) is 9.86. The Morgan fingerprint density at radius 2 is 1.82 bits per heavy atom. The number of nitrogens with two attached hydrogens (primary N) is 1. The lowest BCUT2D eigenvalue weighted by molar-refractivity contribution is -0.123. The maximum absolute atomic E-state index is 12.4. The van der Waals surface area contributed by atoms with Crippen molar-refractivity contribution in [1.29, 1.82) is 0 Å². The SMILES string of the molecule is NC1NC(N2CCN(C(=O)c3ccco3)CC2)NC2CC(C=O)C(C=O)CC12. The Hall–Kier alpha value is -2.07. The molecule has 1 aromatic rings. The van der Waals surface area contributed by atoms with Crippen molar-refractivity contribution in [2.75, 3.05) is 26.2 Å². The maximum Gasteiger partial charge on any atom is 0.289 e. The van der Waals surface area contributed by atoms with Crippen LogP contribution in [0.5, 0.6) is 0 Å². The molecular formula is C19H27N5O4. The van der Waals surface area contributed by atoms with Gasteiger partial charge in [0, 0.05) is 50.0 Å². The van der Waals surface area contributed by atoms with E-state index in [9.17, 15) is 14.4 Å². The predicted molar refractivity (Wildman–Crippen MR) is 99.8 cm³/mol. The van der Waals surface area contributed by atoms with Crippen LogP contribution >= 0.6 is 0 Å². The van der Waals surface area contributed by atoms with Crippen molar-refractivity contribution in [3.05, 3.63) is 24.2 Å². The van der Waals surface area contributed by atoms with Gasteiger partial charge in [-0.15, -0.1) is 0 Å². The molecule has 6 atom stereocenters. The molecule has 1 saturated carbocycles. The van der Waals surface area contributed by atoms with E-state index in [4.69, 9.17) is 10.2 Å². The Morgan fingerprint density at radius 3 is 2.46 bits per heavy atom. The van der Waals surface area contributed by atoms with Gasteiger partial charge >= 0.3 is 0 Å². The molecule has 152 valence electrons. The Labute approximate surface area is 163 Å². The van der Waals surface area contributed by atoms with Gasteiger partial charge < -0.3 is 24.6 Å². The van der Waals surface area contributed by atoms with Crippen LogP contribution in [0.15, 0.2) is 22.8 Å². The first-order chi connectivity index (χ1) is 13.6. The fraction of sp³-hybridized carbons (Fsp3) is 0.632. The van der Waals surface area contributed by atoms with Crippen molar-refractivity contribution in [3.8, 4) is 0 Å². The summed E-state index contributed by atoms with van der Waals surface area (Å²) >= 11 is 0. The minimum atomic E-state index is -0.250. The first-order valence-corrected chi connectivity index (χ1v) is 9.86. The molecule has 0 bridgehead atoms. The lowest BCUT2D eigenvalue weighted by Gasteiger charge is -2.51. The van der Waals surface area contributed by atoms with Crippen LogP contribution in [0.25, 0.3) is 0 Å². The van der Waals surface area contributed by atoms with E-state index >= 15 is 0 Å². The zero-order valence-corrected chi connectivity index (χ0v) is 15.7. The first kappa shape index (κ1) is 19.3. The summed E-state index contributed by atoms with van der Waals surface area (Å²) in [5.74, 6) is -0.114. The fourth-order valence-corrected chi connectivity index (χ4v) is 4.70. The van der Waals surface area contributed by atoms with E-state index in [-0.39, 0.29) is 42.2 Å². The molecule has 0 radical (unpaired) electrons. The van der Waals surface area contributed by atoms with Gasteiger partial charge in [-0.1, -0.05) is 0 Å². The van der Waals surface area contributed by atoms with Crippen LogP contribution in [0.4, 0.5) is 0 Å². The topological polar surface area (TPSA) is 121 Å². The third-order valence-corrected chi connectivity index (χ3v) is 6.37. The van der Waals surface area contributed by atoms with Crippen molar-refractivity contribution in [3.63, 3.8) is 0 Å². The van der Waals surface area contributed by atoms with Crippen LogP contribution in [0, 0.1) is 17.8 Å². The molecule has 1 aromatic heterocycles. The summed E-state index contributed by atoms with van der Waals surface area (Å²) < 4.78 is 5.20. The molecule has 4 rings (SSSR count). The van der Waals surface area contributed by atoms with Crippen LogP contribution < -0.4 is 16.4 Å². The molecule has 2 saturated heterocycles. The van der Waals surface area contributed by atoms with Crippen LogP contribution in [-0.4, -0.2) is 73.0 Å². The number of furan rings is 1. The summed E-state index contributed by atoms with van der Waals surface area (Å²) in [5.41, 5.74) is 6.37. The van der Waals surface area contributed by atoms with Gasteiger partial charge in [0.2, 0.25) is 0 Å². The Balaban J connectivity index is 1.35. The highest BCUT2D eigenvalue weighted by molar-refractivity contribution is 5.91.